The van der Waals surface area contributed by atoms with Crippen LogP contribution in [0.25, 0.3) is 22.3 Å². The minimum atomic E-state index is -0.267. The van der Waals surface area contributed by atoms with Gasteiger partial charge in [0.15, 0.2) is 0 Å². The van der Waals surface area contributed by atoms with Gasteiger partial charge in [0.05, 0.1) is 52.9 Å². The topological polar surface area (TPSA) is 55.4 Å². The molecule has 282 valence electrons. The second-order valence-corrected chi connectivity index (χ2v) is 15.9. The van der Waals surface area contributed by atoms with Gasteiger partial charge in [-0.2, -0.15) is 0 Å². The van der Waals surface area contributed by atoms with Crippen molar-refractivity contribution < 1.29 is 28.4 Å². The van der Waals surface area contributed by atoms with Gasteiger partial charge in [-0.1, -0.05) is 110 Å². The van der Waals surface area contributed by atoms with Crippen LogP contribution in [-0.4, -0.2) is 79.3 Å². The van der Waals surface area contributed by atoms with E-state index in [0.29, 0.717) is 66.1 Å². The van der Waals surface area contributed by atoms with Crippen LogP contribution in [-0.2, 0) is 44.7 Å². The number of benzene rings is 3. The maximum absolute atomic E-state index is 6.30. The largest absolute Gasteiger partial charge is 0.379 e. The summed E-state index contributed by atoms with van der Waals surface area (Å²) in [7, 11) is 0. The molecule has 6 heteroatoms. The van der Waals surface area contributed by atoms with Crippen LogP contribution < -0.4 is 0 Å². The van der Waals surface area contributed by atoms with E-state index in [1.165, 1.54) is 44.5 Å². The van der Waals surface area contributed by atoms with Crippen LogP contribution in [0.2, 0.25) is 0 Å². The molecule has 1 aliphatic carbocycles. The van der Waals surface area contributed by atoms with E-state index in [1.807, 2.05) is 0 Å². The molecule has 0 bridgehead atoms. The van der Waals surface area contributed by atoms with E-state index in [2.05, 4.69) is 116 Å². The normalized spacial score (nSPS) is 13.8. The van der Waals surface area contributed by atoms with Crippen LogP contribution in [0.1, 0.15) is 103 Å². The van der Waals surface area contributed by atoms with Crippen molar-refractivity contribution in [2.45, 2.75) is 97.3 Å². The van der Waals surface area contributed by atoms with Gasteiger partial charge in [0.2, 0.25) is 0 Å². The highest BCUT2D eigenvalue weighted by Gasteiger charge is 2.43. The van der Waals surface area contributed by atoms with Gasteiger partial charge in [-0.25, -0.2) is 0 Å². The van der Waals surface area contributed by atoms with E-state index in [4.69, 9.17) is 28.4 Å². The molecule has 0 amide bonds. The van der Waals surface area contributed by atoms with Gasteiger partial charge in [-0.15, -0.1) is 0 Å². The molecule has 1 aliphatic rings. The molecule has 0 saturated carbocycles. The lowest BCUT2D eigenvalue weighted by Crippen LogP contribution is -2.30. The van der Waals surface area contributed by atoms with E-state index < -0.39 is 0 Å². The summed E-state index contributed by atoms with van der Waals surface area (Å²) in [4.78, 5) is 0. The average Bonchev–Trinajstić information content (AvgIpc) is 3.37. The lowest BCUT2D eigenvalue weighted by molar-refractivity contribution is 0.00663. The van der Waals surface area contributed by atoms with Gasteiger partial charge < -0.3 is 28.4 Å². The van der Waals surface area contributed by atoms with Gasteiger partial charge in [-0.05, 0) is 87.1 Å². The molecule has 0 radical (unpaired) electrons. The van der Waals surface area contributed by atoms with E-state index >= 15 is 0 Å². The first-order valence-corrected chi connectivity index (χ1v) is 19.4. The van der Waals surface area contributed by atoms with Crippen molar-refractivity contribution in [3.63, 3.8) is 0 Å². The minimum absolute atomic E-state index is 0.0267. The second kappa shape index (κ2) is 20.0. The zero-order valence-corrected chi connectivity index (χ0v) is 33.0. The number of hydrogen-bond acceptors (Lipinski definition) is 6. The van der Waals surface area contributed by atoms with Crippen molar-refractivity contribution >= 4 is 0 Å². The third-order valence-electron chi connectivity index (χ3n) is 9.84. The molecule has 0 fully saturated rings. The van der Waals surface area contributed by atoms with E-state index in [9.17, 15) is 0 Å². The third kappa shape index (κ3) is 11.7. The molecule has 0 spiro atoms. The van der Waals surface area contributed by atoms with Gasteiger partial charge in [0.1, 0.15) is 0 Å². The van der Waals surface area contributed by atoms with E-state index in [0.717, 1.165) is 38.9 Å². The van der Waals surface area contributed by atoms with Gasteiger partial charge >= 0.3 is 0 Å². The molecule has 0 aromatic heterocycles. The van der Waals surface area contributed by atoms with Gasteiger partial charge in [0.25, 0.3) is 0 Å². The molecular weight excluding hydrogens is 636 g/mol. The van der Waals surface area contributed by atoms with Crippen LogP contribution >= 0.6 is 0 Å². The summed E-state index contributed by atoms with van der Waals surface area (Å²) in [5.74, 6) is 0. The van der Waals surface area contributed by atoms with Gasteiger partial charge in [-0.3, -0.25) is 0 Å². The Hall–Kier alpha value is -2.58. The third-order valence-corrected chi connectivity index (χ3v) is 9.84. The Kier molecular flexibility index (Phi) is 16.2. The zero-order chi connectivity index (χ0) is 36.7. The molecule has 51 heavy (non-hydrogen) atoms. The fourth-order valence-electron chi connectivity index (χ4n) is 6.83. The number of fused-ring (bicyclic) bond motifs is 3. The molecule has 0 aliphatic heterocycles. The standard InChI is InChI=1S/C45H66O6/c1-9-21-46-25-29-50-31-27-48-23-19-45(20-24-49-28-32-51-30-26-47-22-10-2)41-33-36(35-11-14-37(15-12-35)43(3,4)5)13-17-39(41)40-18-16-38(34-42(40)45)44(6,7)8/h11-18,33-34H,9-10,19-32H2,1-8H3. The predicted molar refractivity (Wildman–Crippen MR) is 210 cm³/mol. The lowest BCUT2D eigenvalue weighted by Gasteiger charge is -2.34. The summed E-state index contributed by atoms with van der Waals surface area (Å²) in [6.45, 7) is 25.4. The van der Waals surface area contributed by atoms with E-state index in [1.54, 1.807) is 0 Å². The van der Waals surface area contributed by atoms with Crippen molar-refractivity contribution in [2.75, 3.05) is 79.3 Å². The first-order chi connectivity index (χ1) is 24.5. The predicted octanol–water partition coefficient (Wildman–Crippen LogP) is 9.91. The molecule has 3 aromatic rings. The molecule has 0 heterocycles. The molecule has 0 N–H and O–H groups in total. The van der Waals surface area contributed by atoms with Crippen LogP contribution in [0.4, 0.5) is 0 Å². The van der Waals surface area contributed by atoms with Crippen molar-refractivity contribution in [1.82, 2.24) is 0 Å². The summed E-state index contributed by atoms with van der Waals surface area (Å²) in [6.07, 6.45) is 3.74. The van der Waals surface area contributed by atoms with Crippen molar-refractivity contribution in [2.24, 2.45) is 0 Å². The zero-order valence-electron chi connectivity index (χ0n) is 33.0. The van der Waals surface area contributed by atoms with Crippen LogP contribution in [0.15, 0.2) is 60.7 Å². The SMILES string of the molecule is CCCOCCOCCOCCC1(CCOCCOCCOCCC)c2cc(-c3ccc(C(C)(C)C)cc3)ccc2-c2ccc(C(C)(C)C)cc21. The second-order valence-electron chi connectivity index (χ2n) is 15.9. The number of ether oxygens (including phenoxy) is 6. The molecule has 3 aromatic carbocycles. The maximum atomic E-state index is 6.30. The van der Waals surface area contributed by atoms with Gasteiger partial charge in [0, 0.05) is 31.8 Å². The van der Waals surface area contributed by atoms with E-state index in [-0.39, 0.29) is 16.2 Å². The summed E-state index contributed by atoms with van der Waals surface area (Å²) in [6, 6.07) is 23.3. The summed E-state index contributed by atoms with van der Waals surface area (Å²) in [5, 5.41) is 0. The quantitative estimate of drug-likeness (QED) is 0.0918. The Morgan fingerprint density at radius 3 is 1.24 bits per heavy atom. The summed E-state index contributed by atoms with van der Waals surface area (Å²) in [5.41, 5.74) is 10.4. The van der Waals surface area contributed by atoms with Crippen LogP contribution in [0.5, 0.6) is 0 Å². The molecule has 0 atom stereocenters. The molecular formula is C45H66O6. The minimum Gasteiger partial charge on any atom is -0.379 e. The number of hydrogen-bond donors (Lipinski definition) is 0. The fraction of sp³-hybridized carbons (Fsp3) is 0.600. The molecule has 4 rings (SSSR count). The fourth-order valence-corrected chi connectivity index (χ4v) is 6.83. The number of rotatable bonds is 23. The smallest absolute Gasteiger partial charge is 0.0701 e. The Morgan fingerprint density at radius 1 is 0.412 bits per heavy atom. The lowest BCUT2D eigenvalue weighted by atomic mass is 9.71. The maximum Gasteiger partial charge on any atom is 0.0701 e. The highest BCUT2D eigenvalue weighted by molar-refractivity contribution is 5.84. The Labute approximate surface area is 309 Å². The van der Waals surface area contributed by atoms with Crippen molar-refractivity contribution in [3.05, 3.63) is 82.9 Å². The monoisotopic (exact) mass is 702 g/mol. The van der Waals surface area contributed by atoms with Crippen molar-refractivity contribution in [1.29, 1.82) is 0 Å². The van der Waals surface area contributed by atoms with Crippen LogP contribution in [0, 0.1) is 0 Å². The molecule has 0 saturated heterocycles. The van der Waals surface area contributed by atoms with Crippen LogP contribution in [0.3, 0.4) is 0 Å². The molecule has 0 unspecified atom stereocenters. The summed E-state index contributed by atoms with van der Waals surface area (Å²) >= 11 is 0. The summed E-state index contributed by atoms with van der Waals surface area (Å²) < 4.78 is 35.3. The highest BCUT2D eigenvalue weighted by Crippen LogP contribution is 2.54. The Morgan fingerprint density at radius 2 is 0.784 bits per heavy atom. The molecule has 6 nitrogen and oxygen atoms in total. The Balaban J connectivity index is 1.59. The Bertz CT molecular complexity index is 1420. The first kappa shape index (κ1) is 41.2. The highest BCUT2D eigenvalue weighted by atomic mass is 16.5. The average molecular weight is 703 g/mol. The van der Waals surface area contributed by atoms with Crippen molar-refractivity contribution in [3.8, 4) is 22.3 Å². The first-order valence-electron chi connectivity index (χ1n) is 19.4.